The number of fused-ring (bicyclic) bond motifs is 5. The van der Waals surface area contributed by atoms with E-state index in [1.54, 1.807) is 5.56 Å². The van der Waals surface area contributed by atoms with Crippen LogP contribution in [-0.4, -0.2) is 11.2 Å². The van der Waals surface area contributed by atoms with E-state index in [9.17, 15) is 5.11 Å². The van der Waals surface area contributed by atoms with Crippen molar-refractivity contribution in [2.24, 2.45) is 17.3 Å². The molecule has 0 saturated heterocycles. The number of benzene rings is 2. The first-order valence-corrected chi connectivity index (χ1v) is 10.6. The van der Waals surface area contributed by atoms with E-state index < -0.39 is 0 Å². The van der Waals surface area contributed by atoms with Crippen LogP contribution in [0.3, 0.4) is 0 Å². The number of hydrogen-bond donors (Lipinski definition) is 1. The first kappa shape index (κ1) is 17.3. The second-order valence-electron chi connectivity index (χ2n) is 9.19. The van der Waals surface area contributed by atoms with Crippen molar-refractivity contribution < 1.29 is 9.84 Å². The Kier molecular flexibility index (Phi) is 4.27. The number of hydrogen-bond acceptors (Lipinski definition) is 2. The maximum Gasteiger partial charge on any atom is 0.120 e. The SMILES string of the molecule is C[C@]12CCC3c4ccc(OCc5ccccc5)cc4CCC3[C@@H]1CC[C@@H]2O. The summed E-state index contributed by atoms with van der Waals surface area (Å²) in [4.78, 5) is 0. The fourth-order valence-electron chi connectivity index (χ4n) is 6.36. The Morgan fingerprint density at radius 3 is 2.74 bits per heavy atom. The lowest BCUT2D eigenvalue weighted by Crippen LogP contribution is -2.43. The van der Waals surface area contributed by atoms with Gasteiger partial charge in [-0.2, -0.15) is 0 Å². The minimum atomic E-state index is -0.0846. The molecule has 0 amide bonds. The van der Waals surface area contributed by atoms with E-state index in [1.165, 1.54) is 36.8 Å². The summed E-state index contributed by atoms with van der Waals surface area (Å²) in [6.45, 7) is 2.98. The molecule has 3 aliphatic rings. The highest BCUT2D eigenvalue weighted by molar-refractivity contribution is 5.41. The molecule has 5 rings (SSSR count). The Hall–Kier alpha value is -1.80. The van der Waals surface area contributed by atoms with E-state index in [0.717, 1.165) is 24.5 Å². The predicted octanol–water partition coefficient (Wildman–Crippen LogP) is 5.48. The van der Waals surface area contributed by atoms with Crippen molar-refractivity contribution in [1.29, 1.82) is 0 Å². The molecule has 2 heteroatoms. The summed E-state index contributed by atoms with van der Waals surface area (Å²) in [7, 11) is 0. The van der Waals surface area contributed by atoms with Crippen molar-refractivity contribution >= 4 is 0 Å². The molecule has 5 atom stereocenters. The lowest BCUT2D eigenvalue weighted by molar-refractivity contribution is -0.0226. The van der Waals surface area contributed by atoms with Crippen LogP contribution in [0.1, 0.15) is 61.6 Å². The lowest BCUT2D eigenvalue weighted by Gasteiger charge is -2.50. The number of aliphatic hydroxyl groups excluding tert-OH is 1. The topological polar surface area (TPSA) is 29.5 Å². The van der Waals surface area contributed by atoms with Crippen molar-refractivity contribution in [3.63, 3.8) is 0 Å². The monoisotopic (exact) mass is 362 g/mol. The molecule has 2 aromatic rings. The second-order valence-corrected chi connectivity index (χ2v) is 9.19. The van der Waals surface area contributed by atoms with Gasteiger partial charge in [0.05, 0.1) is 6.10 Å². The Balaban J connectivity index is 1.34. The van der Waals surface area contributed by atoms with Gasteiger partial charge in [-0.15, -0.1) is 0 Å². The van der Waals surface area contributed by atoms with Crippen molar-refractivity contribution in [3.8, 4) is 5.75 Å². The molecule has 142 valence electrons. The van der Waals surface area contributed by atoms with Crippen molar-refractivity contribution in [1.82, 2.24) is 0 Å². The first-order chi connectivity index (χ1) is 13.1. The van der Waals surface area contributed by atoms with Gasteiger partial charge in [0, 0.05) is 0 Å². The van der Waals surface area contributed by atoms with Crippen molar-refractivity contribution in [2.45, 2.75) is 64.1 Å². The predicted molar refractivity (Wildman–Crippen MR) is 108 cm³/mol. The molecule has 0 spiro atoms. The average Bonchev–Trinajstić information content (AvgIpc) is 3.01. The van der Waals surface area contributed by atoms with Gasteiger partial charge in [-0.25, -0.2) is 0 Å². The molecule has 2 saturated carbocycles. The molecule has 0 radical (unpaired) electrons. The average molecular weight is 363 g/mol. The number of ether oxygens (including phenoxy) is 1. The molecule has 0 aromatic heterocycles. The van der Waals surface area contributed by atoms with E-state index >= 15 is 0 Å². The number of rotatable bonds is 3. The van der Waals surface area contributed by atoms with Crippen LogP contribution in [0.25, 0.3) is 0 Å². The van der Waals surface area contributed by atoms with Crippen LogP contribution in [0.2, 0.25) is 0 Å². The normalized spacial score (nSPS) is 34.4. The third-order valence-corrected chi connectivity index (χ3v) is 7.90. The van der Waals surface area contributed by atoms with Gasteiger partial charge in [-0.1, -0.05) is 43.3 Å². The van der Waals surface area contributed by atoms with Gasteiger partial charge >= 0.3 is 0 Å². The Morgan fingerprint density at radius 1 is 1.04 bits per heavy atom. The van der Waals surface area contributed by atoms with E-state index in [-0.39, 0.29) is 11.5 Å². The fourth-order valence-corrected chi connectivity index (χ4v) is 6.36. The lowest BCUT2D eigenvalue weighted by atomic mass is 9.55. The van der Waals surface area contributed by atoms with Crippen LogP contribution in [0, 0.1) is 17.3 Å². The largest absolute Gasteiger partial charge is 0.489 e. The molecule has 2 unspecified atom stereocenters. The minimum Gasteiger partial charge on any atom is -0.489 e. The fraction of sp³-hybridized carbons (Fsp3) is 0.520. The van der Waals surface area contributed by atoms with Gasteiger partial charge in [0.2, 0.25) is 0 Å². The second kappa shape index (κ2) is 6.67. The number of aryl methyl sites for hydroxylation is 1. The first-order valence-electron chi connectivity index (χ1n) is 10.6. The summed E-state index contributed by atoms with van der Waals surface area (Å²) in [6.07, 6.45) is 6.96. The smallest absolute Gasteiger partial charge is 0.120 e. The van der Waals surface area contributed by atoms with E-state index in [2.05, 4.69) is 49.4 Å². The van der Waals surface area contributed by atoms with Crippen LogP contribution in [0.5, 0.6) is 5.75 Å². The molecule has 0 heterocycles. The van der Waals surface area contributed by atoms with Gasteiger partial charge < -0.3 is 9.84 Å². The quantitative estimate of drug-likeness (QED) is 0.783. The zero-order chi connectivity index (χ0) is 18.4. The number of aliphatic hydroxyl groups is 1. The van der Waals surface area contributed by atoms with Crippen LogP contribution < -0.4 is 4.74 Å². The molecule has 3 aliphatic carbocycles. The summed E-state index contributed by atoms with van der Waals surface area (Å²) in [5.74, 6) is 3.13. The maximum atomic E-state index is 10.5. The standard InChI is InChI=1S/C25H30O2/c1-25-14-13-21-20-10-8-19(27-16-17-5-3-2-4-6-17)15-18(20)7-9-22(21)23(25)11-12-24(25)26/h2-6,8,10,15,21-24,26H,7,9,11-14,16H2,1H3/t21?,22?,23-,24-,25-/m0/s1. The zero-order valence-corrected chi connectivity index (χ0v) is 16.2. The van der Waals surface area contributed by atoms with Crippen LogP contribution in [0.4, 0.5) is 0 Å². The Morgan fingerprint density at radius 2 is 1.89 bits per heavy atom. The molecule has 0 aliphatic heterocycles. The summed E-state index contributed by atoms with van der Waals surface area (Å²) >= 11 is 0. The van der Waals surface area contributed by atoms with E-state index in [0.29, 0.717) is 18.4 Å². The highest BCUT2D eigenvalue weighted by Gasteiger charge is 2.54. The Bertz CT molecular complexity index is 814. The third kappa shape index (κ3) is 2.89. The molecular weight excluding hydrogens is 332 g/mol. The van der Waals surface area contributed by atoms with Crippen LogP contribution >= 0.6 is 0 Å². The molecular formula is C25H30O2. The summed E-state index contributed by atoms with van der Waals surface area (Å²) < 4.78 is 6.06. The summed E-state index contributed by atoms with van der Waals surface area (Å²) in [5.41, 5.74) is 4.42. The van der Waals surface area contributed by atoms with Crippen LogP contribution in [0.15, 0.2) is 48.5 Å². The van der Waals surface area contributed by atoms with E-state index in [4.69, 9.17) is 4.74 Å². The van der Waals surface area contributed by atoms with Crippen molar-refractivity contribution in [2.75, 3.05) is 0 Å². The van der Waals surface area contributed by atoms with Gasteiger partial charge in [-0.05, 0) is 90.5 Å². The molecule has 27 heavy (non-hydrogen) atoms. The van der Waals surface area contributed by atoms with Gasteiger partial charge in [-0.3, -0.25) is 0 Å². The summed E-state index contributed by atoms with van der Waals surface area (Å²) in [6, 6.07) is 17.2. The molecule has 2 fully saturated rings. The maximum absolute atomic E-state index is 10.5. The highest BCUT2D eigenvalue weighted by atomic mass is 16.5. The third-order valence-electron chi connectivity index (χ3n) is 7.90. The van der Waals surface area contributed by atoms with Gasteiger partial charge in [0.15, 0.2) is 0 Å². The molecule has 0 bridgehead atoms. The molecule has 2 aromatic carbocycles. The van der Waals surface area contributed by atoms with E-state index in [1.807, 2.05) is 6.07 Å². The van der Waals surface area contributed by atoms with Crippen LogP contribution in [-0.2, 0) is 13.0 Å². The molecule has 1 N–H and O–H groups in total. The highest BCUT2D eigenvalue weighted by Crippen LogP contribution is 2.60. The summed E-state index contributed by atoms with van der Waals surface area (Å²) in [5, 5.41) is 10.5. The Labute approximate surface area is 162 Å². The van der Waals surface area contributed by atoms with Gasteiger partial charge in [0.1, 0.15) is 12.4 Å². The van der Waals surface area contributed by atoms with Crippen molar-refractivity contribution in [3.05, 3.63) is 65.2 Å². The van der Waals surface area contributed by atoms with Gasteiger partial charge in [0.25, 0.3) is 0 Å². The minimum absolute atomic E-state index is 0.0846. The molecule has 2 nitrogen and oxygen atoms in total. The zero-order valence-electron chi connectivity index (χ0n) is 16.2.